The first-order valence-corrected chi connectivity index (χ1v) is 8.32. The van der Waals surface area contributed by atoms with Gasteiger partial charge in [-0.05, 0) is 49.6 Å². The second-order valence-corrected chi connectivity index (χ2v) is 6.40. The van der Waals surface area contributed by atoms with Crippen LogP contribution < -0.4 is 5.32 Å². The van der Waals surface area contributed by atoms with E-state index in [1.807, 2.05) is 37.4 Å². The molecule has 0 radical (unpaired) electrons. The van der Waals surface area contributed by atoms with Crippen LogP contribution in [0.3, 0.4) is 0 Å². The zero-order valence-electron chi connectivity index (χ0n) is 14.1. The van der Waals surface area contributed by atoms with Crippen molar-refractivity contribution in [3.05, 3.63) is 59.0 Å². The van der Waals surface area contributed by atoms with Gasteiger partial charge in [0.1, 0.15) is 11.5 Å². The first-order chi connectivity index (χ1) is 11.6. The van der Waals surface area contributed by atoms with Gasteiger partial charge in [-0.1, -0.05) is 19.1 Å². The molecule has 3 nitrogen and oxygen atoms in total. The smallest absolute Gasteiger partial charge is 0.137 e. The van der Waals surface area contributed by atoms with E-state index in [1.165, 1.54) is 5.57 Å². The minimum atomic E-state index is -0.153. The molecule has 4 rings (SSSR count). The molecule has 3 aromatic rings. The minimum absolute atomic E-state index is 0.153. The van der Waals surface area contributed by atoms with Crippen LogP contribution in [0.25, 0.3) is 28.0 Å². The van der Waals surface area contributed by atoms with Crippen molar-refractivity contribution in [2.24, 2.45) is 0 Å². The van der Waals surface area contributed by atoms with Crippen molar-refractivity contribution in [1.82, 2.24) is 15.3 Å². The fourth-order valence-corrected chi connectivity index (χ4v) is 3.25. The Bertz CT molecular complexity index is 968. The molecule has 2 aromatic heterocycles. The summed E-state index contributed by atoms with van der Waals surface area (Å²) in [6.45, 7) is 6.24. The molecule has 3 heterocycles. The van der Waals surface area contributed by atoms with Gasteiger partial charge in [0.05, 0.1) is 5.69 Å². The van der Waals surface area contributed by atoms with Crippen molar-refractivity contribution in [3.63, 3.8) is 0 Å². The fourth-order valence-electron chi connectivity index (χ4n) is 3.25. The third-order valence-corrected chi connectivity index (χ3v) is 4.91. The van der Waals surface area contributed by atoms with Crippen molar-refractivity contribution < 1.29 is 4.39 Å². The maximum absolute atomic E-state index is 14.6. The first-order valence-electron chi connectivity index (χ1n) is 8.32. The molecule has 0 amide bonds. The Hall–Kier alpha value is -2.62. The Kier molecular flexibility index (Phi) is 3.41. The zero-order valence-corrected chi connectivity index (χ0v) is 14.1. The van der Waals surface area contributed by atoms with Crippen LogP contribution in [0.15, 0.2) is 42.1 Å². The summed E-state index contributed by atoms with van der Waals surface area (Å²) in [6, 6.07) is 10.0. The van der Waals surface area contributed by atoms with Gasteiger partial charge in [-0.3, -0.25) is 0 Å². The van der Waals surface area contributed by atoms with Gasteiger partial charge in [-0.2, -0.15) is 0 Å². The van der Waals surface area contributed by atoms with E-state index in [2.05, 4.69) is 35.2 Å². The predicted octanol–water partition coefficient (Wildman–Crippen LogP) is 4.65. The average Bonchev–Trinajstić information content (AvgIpc) is 3.02. The second kappa shape index (κ2) is 5.48. The maximum atomic E-state index is 14.6. The molecule has 1 aliphatic rings. The van der Waals surface area contributed by atoms with Gasteiger partial charge in [0, 0.05) is 34.4 Å². The molecule has 1 aromatic carbocycles. The number of rotatable bonds is 3. The average molecular weight is 321 g/mol. The largest absolute Gasteiger partial charge is 0.378 e. The van der Waals surface area contributed by atoms with Gasteiger partial charge in [0.25, 0.3) is 0 Å². The van der Waals surface area contributed by atoms with Gasteiger partial charge in [-0.25, -0.2) is 9.37 Å². The first kappa shape index (κ1) is 14.9. The lowest BCUT2D eigenvalue weighted by molar-refractivity contribution is 0.615. The summed E-state index contributed by atoms with van der Waals surface area (Å²) in [7, 11) is 0. The van der Waals surface area contributed by atoms with Gasteiger partial charge >= 0.3 is 0 Å². The molecule has 24 heavy (non-hydrogen) atoms. The van der Waals surface area contributed by atoms with Crippen LogP contribution in [0.5, 0.6) is 0 Å². The van der Waals surface area contributed by atoms with E-state index in [9.17, 15) is 4.39 Å². The summed E-state index contributed by atoms with van der Waals surface area (Å²) in [5.74, 6) is -0.153. The molecule has 122 valence electrons. The van der Waals surface area contributed by atoms with E-state index in [0.29, 0.717) is 18.0 Å². The number of hydrogen-bond acceptors (Lipinski definition) is 2. The Morgan fingerprint density at radius 2 is 2.08 bits per heavy atom. The number of nitrogens with zero attached hydrogens (tertiary/aromatic N) is 1. The number of aryl methyl sites for hydroxylation is 1. The lowest BCUT2D eigenvalue weighted by atomic mass is 9.95. The predicted molar refractivity (Wildman–Crippen MR) is 96.1 cm³/mol. The maximum Gasteiger partial charge on any atom is 0.137 e. The second-order valence-electron chi connectivity index (χ2n) is 6.40. The standard InChI is InChI=1S/C20H20FN3/c1-4-13-6-5-7-16(18(13)21)17-9-14-8-15(10-22-20(14)24-17)19-11(2)12(3)23-19/h5-10,12,23H,4H2,1-3H3,(H,22,24). The molecule has 1 aliphatic heterocycles. The highest BCUT2D eigenvalue weighted by molar-refractivity contribution is 5.87. The van der Waals surface area contributed by atoms with Gasteiger partial charge in [-0.15, -0.1) is 0 Å². The number of nitrogens with one attached hydrogen (secondary N) is 2. The third kappa shape index (κ3) is 2.21. The number of H-pyrrole nitrogens is 1. The van der Waals surface area contributed by atoms with E-state index >= 15 is 0 Å². The molecule has 0 saturated carbocycles. The molecule has 0 aliphatic carbocycles. The number of aromatic amines is 1. The molecule has 1 unspecified atom stereocenters. The van der Waals surface area contributed by atoms with Crippen LogP contribution in [0, 0.1) is 5.82 Å². The Balaban J connectivity index is 1.80. The number of benzene rings is 1. The molecule has 1 atom stereocenters. The van der Waals surface area contributed by atoms with E-state index < -0.39 is 0 Å². The number of fused-ring (bicyclic) bond motifs is 1. The lowest BCUT2D eigenvalue weighted by Crippen LogP contribution is -2.37. The van der Waals surface area contributed by atoms with Crippen molar-refractivity contribution in [2.75, 3.05) is 0 Å². The number of aromatic nitrogens is 2. The molecule has 2 N–H and O–H groups in total. The summed E-state index contributed by atoms with van der Waals surface area (Å²) in [6.07, 6.45) is 2.54. The summed E-state index contributed by atoms with van der Waals surface area (Å²) >= 11 is 0. The van der Waals surface area contributed by atoms with Gasteiger partial charge in [0.2, 0.25) is 0 Å². The fraction of sp³-hybridized carbons (Fsp3) is 0.250. The Morgan fingerprint density at radius 3 is 2.79 bits per heavy atom. The lowest BCUT2D eigenvalue weighted by Gasteiger charge is -2.31. The van der Waals surface area contributed by atoms with E-state index in [4.69, 9.17) is 0 Å². The van der Waals surface area contributed by atoms with Crippen LogP contribution in [0.2, 0.25) is 0 Å². The Morgan fingerprint density at radius 1 is 1.25 bits per heavy atom. The highest BCUT2D eigenvalue weighted by atomic mass is 19.1. The van der Waals surface area contributed by atoms with Crippen molar-refractivity contribution in [2.45, 2.75) is 33.2 Å². The highest BCUT2D eigenvalue weighted by Gasteiger charge is 2.22. The summed E-state index contributed by atoms with van der Waals surface area (Å²) in [5.41, 5.74) is 6.44. The van der Waals surface area contributed by atoms with E-state index in [0.717, 1.165) is 33.6 Å². The molecular weight excluding hydrogens is 301 g/mol. The third-order valence-electron chi connectivity index (χ3n) is 4.91. The van der Waals surface area contributed by atoms with E-state index in [1.54, 1.807) is 0 Å². The van der Waals surface area contributed by atoms with Crippen molar-refractivity contribution in [3.8, 4) is 11.3 Å². The van der Waals surface area contributed by atoms with Crippen LogP contribution in [0.1, 0.15) is 31.9 Å². The summed E-state index contributed by atoms with van der Waals surface area (Å²) in [5, 5.41) is 4.40. The van der Waals surface area contributed by atoms with Crippen molar-refractivity contribution in [1.29, 1.82) is 0 Å². The quantitative estimate of drug-likeness (QED) is 0.737. The summed E-state index contributed by atoms with van der Waals surface area (Å²) < 4.78 is 14.6. The molecule has 0 saturated heterocycles. The molecule has 4 heteroatoms. The molecule has 0 fully saturated rings. The normalized spacial score (nSPS) is 17.1. The van der Waals surface area contributed by atoms with Crippen LogP contribution >= 0.6 is 0 Å². The SMILES string of the molecule is CCc1cccc(-c2cc3cc(C4=C(C)C(C)N4)cnc3[nH]2)c1F. The highest BCUT2D eigenvalue weighted by Crippen LogP contribution is 2.31. The number of halogens is 1. The van der Waals surface area contributed by atoms with E-state index in [-0.39, 0.29) is 5.82 Å². The minimum Gasteiger partial charge on any atom is -0.378 e. The van der Waals surface area contributed by atoms with Gasteiger partial charge < -0.3 is 10.3 Å². The number of hydrogen-bond donors (Lipinski definition) is 2. The van der Waals surface area contributed by atoms with Crippen LogP contribution in [-0.2, 0) is 6.42 Å². The molecule has 0 spiro atoms. The zero-order chi connectivity index (χ0) is 16.8. The molecular formula is C20H20FN3. The number of pyridine rings is 1. The van der Waals surface area contributed by atoms with Crippen LogP contribution in [0.4, 0.5) is 4.39 Å². The van der Waals surface area contributed by atoms with Crippen molar-refractivity contribution >= 4 is 16.7 Å². The molecule has 0 bridgehead atoms. The van der Waals surface area contributed by atoms with Gasteiger partial charge in [0.15, 0.2) is 0 Å². The van der Waals surface area contributed by atoms with Crippen LogP contribution in [-0.4, -0.2) is 16.0 Å². The topological polar surface area (TPSA) is 40.7 Å². The monoisotopic (exact) mass is 321 g/mol. The Labute approximate surface area is 140 Å². The summed E-state index contributed by atoms with van der Waals surface area (Å²) in [4.78, 5) is 7.75.